The number of nitrogens with zero attached hydrogens (tertiary/aromatic N) is 1. The number of ether oxygens (including phenoxy) is 1. The molecule has 10 nitrogen and oxygen atoms in total. The van der Waals surface area contributed by atoms with Crippen LogP contribution in [0.3, 0.4) is 0 Å². The minimum atomic E-state index is -1.97. The molecule has 0 fully saturated rings. The highest BCUT2D eigenvalue weighted by Gasteiger charge is 2.39. The van der Waals surface area contributed by atoms with Crippen molar-refractivity contribution in [1.29, 1.82) is 0 Å². The van der Waals surface area contributed by atoms with E-state index in [1.807, 2.05) is 0 Å². The molecule has 0 spiro atoms. The maximum Gasteiger partial charge on any atom is 0.323 e. The van der Waals surface area contributed by atoms with Gasteiger partial charge in [0.25, 0.3) is 11.5 Å². The number of hydrogen-bond acceptors (Lipinski definition) is 8. The number of carbonyl (C=O) groups excluding carboxylic acids is 5. The zero-order valence-electron chi connectivity index (χ0n) is 20.2. The monoisotopic (exact) mass is 587 g/mol. The summed E-state index contributed by atoms with van der Waals surface area (Å²) in [7, 11) is 0. The van der Waals surface area contributed by atoms with Gasteiger partial charge in [0.05, 0.1) is 23.2 Å². The van der Waals surface area contributed by atoms with Crippen molar-refractivity contribution in [2.24, 2.45) is 0 Å². The summed E-state index contributed by atoms with van der Waals surface area (Å²) in [6, 6.07) is 15.5. The molecule has 194 valence electrons. The van der Waals surface area contributed by atoms with Gasteiger partial charge in [0, 0.05) is 26.9 Å². The lowest BCUT2D eigenvalue weighted by atomic mass is 9.83. The van der Waals surface area contributed by atoms with Gasteiger partial charge in [-0.2, -0.15) is 0 Å². The summed E-state index contributed by atoms with van der Waals surface area (Å²) in [5.41, 5.74) is -0.799. The summed E-state index contributed by atoms with van der Waals surface area (Å²) in [5.74, 6) is -6.39. The lowest BCUT2D eigenvalue weighted by molar-refractivity contribution is -0.150. The lowest BCUT2D eigenvalue weighted by Crippen LogP contribution is -2.37. The van der Waals surface area contributed by atoms with E-state index in [1.165, 1.54) is 37.3 Å². The van der Waals surface area contributed by atoms with Gasteiger partial charge >= 0.3 is 5.97 Å². The number of esters is 1. The van der Waals surface area contributed by atoms with Crippen LogP contribution < -0.4 is 10.9 Å². The summed E-state index contributed by atoms with van der Waals surface area (Å²) in [6.45, 7) is 1.39. The Kier molecular flexibility index (Phi) is 6.75. The first-order valence-electron chi connectivity index (χ1n) is 11.7. The molecule has 0 radical (unpaired) electrons. The van der Waals surface area contributed by atoms with Crippen LogP contribution in [0, 0.1) is 0 Å². The zero-order chi connectivity index (χ0) is 27.8. The van der Waals surface area contributed by atoms with E-state index in [0.717, 1.165) is 4.47 Å². The topological polar surface area (TPSA) is 152 Å². The molecule has 1 aliphatic carbocycles. The minimum absolute atomic E-state index is 0.0246. The van der Waals surface area contributed by atoms with Gasteiger partial charge in [-0.15, -0.1) is 0 Å². The molecule has 39 heavy (non-hydrogen) atoms. The number of nitrogens with one attached hydrogen (secondary N) is 2. The summed E-state index contributed by atoms with van der Waals surface area (Å²) >= 11 is 3.27. The Hall–Kier alpha value is -4.77. The van der Waals surface area contributed by atoms with Gasteiger partial charge in [-0.1, -0.05) is 40.2 Å². The molecule has 0 saturated carbocycles. The quantitative estimate of drug-likeness (QED) is 0.174. The number of benzene rings is 3. The molecule has 1 atom stereocenters. The fourth-order valence-electron chi connectivity index (χ4n) is 4.37. The fourth-order valence-corrected chi connectivity index (χ4v) is 4.64. The summed E-state index contributed by atoms with van der Waals surface area (Å²) in [6.07, 6.45) is 0. The third-order valence-corrected chi connectivity index (χ3v) is 6.70. The summed E-state index contributed by atoms with van der Waals surface area (Å²) in [5, 5.41) is 2.39. The van der Waals surface area contributed by atoms with Gasteiger partial charge in [0.15, 0.2) is 17.5 Å². The SMILES string of the molecule is CCOC(=O)C(C(=O)C(=O)Nc1ccc(Br)cc1)c1nc2ccc3c(c2[nH]c1=O)C(=O)c1ccccc1C3=O. The lowest BCUT2D eigenvalue weighted by Gasteiger charge is -2.19. The van der Waals surface area contributed by atoms with E-state index in [4.69, 9.17) is 4.74 Å². The van der Waals surface area contributed by atoms with Crippen LogP contribution in [0.2, 0.25) is 0 Å². The van der Waals surface area contributed by atoms with Crippen molar-refractivity contribution in [3.63, 3.8) is 0 Å². The molecule has 0 aliphatic heterocycles. The second-order valence-electron chi connectivity index (χ2n) is 8.55. The Bertz CT molecular complexity index is 1780. The Morgan fingerprint density at radius 2 is 1.59 bits per heavy atom. The van der Waals surface area contributed by atoms with Gasteiger partial charge in [0.2, 0.25) is 5.78 Å². The van der Waals surface area contributed by atoms with Crippen molar-refractivity contribution in [2.75, 3.05) is 11.9 Å². The highest BCUT2D eigenvalue weighted by atomic mass is 79.9. The maximum absolute atomic E-state index is 13.3. The van der Waals surface area contributed by atoms with Crippen molar-refractivity contribution in [1.82, 2.24) is 9.97 Å². The van der Waals surface area contributed by atoms with Gasteiger partial charge < -0.3 is 15.0 Å². The Balaban J connectivity index is 1.59. The molecule has 4 aromatic rings. The molecule has 2 N–H and O–H groups in total. The first kappa shape index (κ1) is 25.9. The predicted octanol–water partition coefficient (Wildman–Crippen LogP) is 3.32. The number of hydrogen-bond donors (Lipinski definition) is 2. The van der Waals surface area contributed by atoms with E-state index < -0.39 is 46.4 Å². The standard InChI is InChI=1S/C28H18BrN3O7/c1-2-39-28(38)20(25(35)27(37)30-14-9-7-13(29)8-10-14)22-26(36)32-21-18(31-22)12-11-17-19(21)24(34)16-6-4-3-5-15(16)23(17)33/h3-12,20H,2H2,1H3,(H,30,37)(H,32,36). The van der Waals surface area contributed by atoms with Crippen molar-refractivity contribution in [3.05, 3.63) is 103 Å². The van der Waals surface area contributed by atoms with Crippen LogP contribution in [0.15, 0.2) is 69.9 Å². The van der Waals surface area contributed by atoms with Crippen LogP contribution in [0.5, 0.6) is 0 Å². The van der Waals surface area contributed by atoms with E-state index >= 15 is 0 Å². The molecule has 1 unspecified atom stereocenters. The molecule has 1 aromatic heterocycles. The molecule has 3 aromatic carbocycles. The number of rotatable bonds is 6. The van der Waals surface area contributed by atoms with Crippen molar-refractivity contribution >= 4 is 61.9 Å². The summed E-state index contributed by atoms with van der Waals surface area (Å²) < 4.78 is 5.73. The molecular formula is C28H18BrN3O7. The molecule has 0 bridgehead atoms. The number of aromatic amines is 1. The minimum Gasteiger partial charge on any atom is -0.465 e. The third-order valence-electron chi connectivity index (χ3n) is 6.17. The molecule has 1 amide bonds. The maximum atomic E-state index is 13.3. The van der Waals surface area contributed by atoms with Crippen LogP contribution in [-0.2, 0) is 19.1 Å². The van der Waals surface area contributed by atoms with Gasteiger partial charge in [-0.25, -0.2) is 4.98 Å². The second kappa shape index (κ2) is 10.2. The Morgan fingerprint density at radius 3 is 2.26 bits per heavy atom. The number of halogens is 1. The summed E-state index contributed by atoms with van der Waals surface area (Å²) in [4.78, 5) is 85.0. The average Bonchev–Trinajstić information content (AvgIpc) is 2.93. The van der Waals surface area contributed by atoms with Crippen molar-refractivity contribution in [2.45, 2.75) is 12.8 Å². The van der Waals surface area contributed by atoms with Crippen LogP contribution in [0.1, 0.15) is 50.4 Å². The smallest absolute Gasteiger partial charge is 0.323 e. The molecule has 1 aliphatic rings. The number of fused-ring (bicyclic) bond motifs is 4. The number of carbonyl (C=O) groups is 5. The molecule has 1 heterocycles. The first-order chi connectivity index (χ1) is 18.7. The Morgan fingerprint density at radius 1 is 0.923 bits per heavy atom. The van der Waals surface area contributed by atoms with Gasteiger partial charge in [-0.3, -0.25) is 28.8 Å². The normalized spacial score (nSPS) is 12.9. The predicted molar refractivity (Wildman–Crippen MR) is 143 cm³/mol. The number of Topliss-reactive ketones (excluding diaryl/α,β-unsaturated/α-hetero) is 1. The number of ketones is 3. The molecular weight excluding hydrogens is 570 g/mol. The Labute approximate surface area is 228 Å². The highest BCUT2D eigenvalue weighted by Crippen LogP contribution is 2.31. The highest BCUT2D eigenvalue weighted by molar-refractivity contribution is 9.10. The fraction of sp³-hybridized carbons (Fsp3) is 0.107. The van der Waals surface area contributed by atoms with Crippen LogP contribution >= 0.6 is 15.9 Å². The van der Waals surface area contributed by atoms with Crippen molar-refractivity contribution < 1.29 is 28.7 Å². The average molecular weight is 588 g/mol. The molecule has 0 saturated heterocycles. The number of H-pyrrole nitrogens is 1. The second-order valence-corrected chi connectivity index (χ2v) is 9.46. The van der Waals surface area contributed by atoms with Gasteiger partial charge in [0.1, 0.15) is 5.69 Å². The molecule has 5 rings (SSSR count). The van der Waals surface area contributed by atoms with Crippen LogP contribution in [0.4, 0.5) is 5.69 Å². The van der Waals surface area contributed by atoms with E-state index in [9.17, 15) is 28.8 Å². The van der Waals surface area contributed by atoms with E-state index in [-0.39, 0.29) is 45.6 Å². The van der Waals surface area contributed by atoms with E-state index in [0.29, 0.717) is 0 Å². The molecule has 11 heteroatoms. The van der Waals surface area contributed by atoms with Crippen molar-refractivity contribution in [3.8, 4) is 0 Å². The van der Waals surface area contributed by atoms with E-state index in [2.05, 4.69) is 31.2 Å². The first-order valence-corrected chi connectivity index (χ1v) is 12.5. The van der Waals surface area contributed by atoms with Crippen LogP contribution in [0.25, 0.3) is 11.0 Å². The van der Waals surface area contributed by atoms with Crippen LogP contribution in [-0.4, -0.2) is 45.8 Å². The number of amides is 1. The largest absolute Gasteiger partial charge is 0.465 e. The van der Waals surface area contributed by atoms with Gasteiger partial charge in [-0.05, 0) is 43.3 Å². The zero-order valence-corrected chi connectivity index (χ0v) is 21.8. The number of anilines is 1. The number of aromatic nitrogens is 2. The van der Waals surface area contributed by atoms with E-state index in [1.54, 1.807) is 30.3 Å². The third kappa shape index (κ3) is 4.57.